The van der Waals surface area contributed by atoms with Crippen LogP contribution in [0.15, 0.2) is 60.7 Å². The number of piperazine rings is 1. The van der Waals surface area contributed by atoms with Crippen LogP contribution in [0.2, 0.25) is 0 Å². The fourth-order valence-corrected chi connectivity index (χ4v) is 4.41. The number of benzene rings is 2. The van der Waals surface area contributed by atoms with Gasteiger partial charge in [-0.2, -0.15) is 0 Å². The van der Waals surface area contributed by atoms with E-state index in [4.69, 9.17) is 4.74 Å². The summed E-state index contributed by atoms with van der Waals surface area (Å²) in [5, 5.41) is 8.78. The summed E-state index contributed by atoms with van der Waals surface area (Å²) in [6, 6.07) is 17.4. The molecule has 3 aromatic rings. The topological polar surface area (TPSA) is 78.9 Å². The molecule has 0 saturated carbocycles. The van der Waals surface area contributed by atoms with Crippen molar-refractivity contribution < 1.29 is 18.7 Å². The van der Waals surface area contributed by atoms with Crippen LogP contribution in [-0.2, 0) is 4.79 Å². The molecule has 2 amide bonds. The standard InChI is InChI=1S/C29H34FN5O3/c1-4-21(2)19-35(29(37)24-10-5-6-11-25(24)30)20-28(36)34-16-14-33(15-17-34)27-13-12-26(31-32-27)22-8-7-9-23(18-22)38-3/h5-13,18,21H,4,14-17,19-20H2,1-3H3. The normalized spacial score (nSPS) is 14.2. The average molecular weight is 520 g/mol. The highest BCUT2D eigenvalue weighted by Gasteiger charge is 2.27. The lowest BCUT2D eigenvalue weighted by molar-refractivity contribution is -0.132. The summed E-state index contributed by atoms with van der Waals surface area (Å²) >= 11 is 0. The van der Waals surface area contributed by atoms with Gasteiger partial charge in [0.25, 0.3) is 5.91 Å². The molecule has 200 valence electrons. The van der Waals surface area contributed by atoms with Gasteiger partial charge in [0.2, 0.25) is 5.91 Å². The third-order valence-electron chi connectivity index (χ3n) is 6.92. The zero-order valence-electron chi connectivity index (χ0n) is 22.1. The zero-order chi connectivity index (χ0) is 27.1. The first-order chi connectivity index (χ1) is 18.4. The van der Waals surface area contributed by atoms with E-state index >= 15 is 0 Å². The van der Waals surface area contributed by atoms with Gasteiger partial charge >= 0.3 is 0 Å². The fourth-order valence-electron chi connectivity index (χ4n) is 4.41. The molecule has 1 aliphatic heterocycles. The van der Waals surface area contributed by atoms with Crippen molar-refractivity contribution in [1.29, 1.82) is 0 Å². The Morgan fingerprint density at radius 3 is 2.45 bits per heavy atom. The number of hydrogen-bond donors (Lipinski definition) is 0. The van der Waals surface area contributed by atoms with Crippen molar-refractivity contribution in [2.24, 2.45) is 5.92 Å². The van der Waals surface area contributed by atoms with E-state index in [2.05, 4.69) is 15.1 Å². The van der Waals surface area contributed by atoms with Crippen molar-refractivity contribution in [1.82, 2.24) is 20.0 Å². The van der Waals surface area contributed by atoms with Gasteiger partial charge in [0.15, 0.2) is 5.82 Å². The molecule has 0 bridgehead atoms. The zero-order valence-corrected chi connectivity index (χ0v) is 22.1. The third kappa shape index (κ3) is 6.45. The van der Waals surface area contributed by atoms with Crippen LogP contribution in [0.25, 0.3) is 11.3 Å². The van der Waals surface area contributed by atoms with Crippen LogP contribution in [0, 0.1) is 11.7 Å². The smallest absolute Gasteiger partial charge is 0.257 e. The quantitative estimate of drug-likeness (QED) is 0.423. The predicted octanol–water partition coefficient (Wildman–Crippen LogP) is 4.13. The lowest BCUT2D eigenvalue weighted by Gasteiger charge is -2.36. The molecule has 0 aliphatic carbocycles. The molecule has 1 aromatic heterocycles. The Bertz CT molecular complexity index is 1240. The third-order valence-corrected chi connectivity index (χ3v) is 6.92. The highest BCUT2D eigenvalue weighted by molar-refractivity contribution is 5.96. The molecule has 0 N–H and O–H groups in total. The molecule has 9 heteroatoms. The summed E-state index contributed by atoms with van der Waals surface area (Å²) in [6.45, 7) is 6.58. The van der Waals surface area contributed by atoms with Gasteiger partial charge in [-0.3, -0.25) is 9.59 Å². The molecule has 1 fully saturated rings. The molecule has 2 aromatic carbocycles. The number of rotatable bonds is 9. The lowest BCUT2D eigenvalue weighted by atomic mass is 10.1. The SMILES string of the molecule is CCC(C)CN(CC(=O)N1CCN(c2ccc(-c3cccc(OC)c3)nn2)CC1)C(=O)c1ccccc1F. The van der Waals surface area contributed by atoms with E-state index in [1.54, 1.807) is 24.1 Å². The maximum atomic E-state index is 14.3. The first kappa shape index (κ1) is 27.0. The number of carbonyl (C=O) groups excluding carboxylic acids is 2. The van der Waals surface area contributed by atoms with Gasteiger partial charge in [0.1, 0.15) is 18.1 Å². The van der Waals surface area contributed by atoms with E-state index in [1.807, 2.05) is 50.2 Å². The first-order valence-electron chi connectivity index (χ1n) is 12.9. The second-order valence-corrected chi connectivity index (χ2v) is 9.56. The van der Waals surface area contributed by atoms with Crippen molar-refractivity contribution in [2.45, 2.75) is 20.3 Å². The van der Waals surface area contributed by atoms with Gasteiger partial charge in [-0.25, -0.2) is 4.39 Å². The van der Waals surface area contributed by atoms with Crippen LogP contribution >= 0.6 is 0 Å². The van der Waals surface area contributed by atoms with Gasteiger partial charge in [-0.05, 0) is 42.3 Å². The summed E-state index contributed by atoms with van der Waals surface area (Å²) in [6.07, 6.45) is 0.853. The molecule has 8 nitrogen and oxygen atoms in total. The number of ether oxygens (including phenoxy) is 1. The van der Waals surface area contributed by atoms with Gasteiger partial charge < -0.3 is 19.4 Å². The van der Waals surface area contributed by atoms with E-state index in [9.17, 15) is 14.0 Å². The summed E-state index contributed by atoms with van der Waals surface area (Å²) in [7, 11) is 1.63. The molecule has 1 atom stereocenters. The number of amides is 2. The van der Waals surface area contributed by atoms with Gasteiger partial charge in [0, 0.05) is 38.3 Å². The molecule has 1 saturated heterocycles. The van der Waals surface area contributed by atoms with Crippen molar-refractivity contribution in [3.63, 3.8) is 0 Å². The maximum absolute atomic E-state index is 14.3. The van der Waals surface area contributed by atoms with Crippen LogP contribution in [0.4, 0.5) is 10.2 Å². The highest BCUT2D eigenvalue weighted by atomic mass is 19.1. The minimum absolute atomic E-state index is 0.00982. The van der Waals surface area contributed by atoms with Crippen LogP contribution in [-0.4, -0.2) is 78.2 Å². The molecular weight excluding hydrogens is 485 g/mol. The van der Waals surface area contributed by atoms with Crippen LogP contribution in [0.3, 0.4) is 0 Å². The molecular formula is C29H34FN5O3. The number of methoxy groups -OCH3 is 1. The summed E-state index contributed by atoms with van der Waals surface area (Å²) in [5.74, 6) is 0.517. The molecule has 0 radical (unpaired) electrons. The molecule has 1 aliphatic rings. The van der Waals surface area contributed by atoms with Gasteiger partial charge in [0.05, 0.1) is 18.4 Å². The number of nitrogens with zero attached hydrogens (tertiary/aromatic N) is 5. The lowest BCUT2D eigenvalue weighted by Crippen LogP contribution is -2.52. The van der Waals surface area contributed by atoms with E-state index in [0.717, 1.165) is 29.2 Å². The predicted molar refractivity (Wildman–Crippen MR) is 145 cm³/mol. The molecule has 38 heavy (non-hydrogen) atoms. The van der Waals surface area contributed by atoms with Gasteiger partial charge in [-0.15, -0.1) is 10.2 Å². The second-order valence-electron chi connectivity index (χ2n) is 9.56. The van der Waals surface area contributed by atoms with Crippen molar-refractivity contribution >= 4 is 17.6 Å². The Morgan fingerprint density at radius 1 is 1.03 bits per heavy atom. The number of aromatic nitrogens is 2. The van der Waals surface area contributed by atoms with Crippen LogP contribution in [0.5, 0.6) is 5.75 Å². The number of anilines is 1. The summed E-state index contributed by atoms with van der Waals surface area (Å²) in [4.78, 5) is 31.6. The number of halogens is 1. The largest absolute Gasteiger partial charge is 0.497 e. The monoisotopic (exact) mass is 519 g/mol. The Hall–Kier alpha value is -4.01. The molecule has 4 rings (SSSR count). The van der Waals surface area contributed by atoms with E-state index < -0.39 is 11.7 Å². The molecule has 2 heterocycles. The Morgan fingerprint density at radius 2 is 1.79 bits per heavy atom. The van der Waals surface area contributed by atoms with Crippen LogP contribution < -0.4 is 9.64 Å². The number of hydrogen-bond acceptors (Lipinski definition) is 6. The van der Waals surface area contributed by atoms with Crippen molar-refractivity contribution in [2.75, 3.05) is 51.3 Å². The van der Waals surface area contributed by atoms with Gasteiger partial charge in [-0.1, -0.05) is 44.5 Å². The van der Waals surface area contributed by atoms with E-state index in [0.29, 0.717) is 32.7 Å². The molecule has 0 spiro atoms. The van der Waals surface area contributed by atoms with E-state index in [1.165, 1.54) is 17.0 Å². The fraction of sp³-hybridized carbons (Fsp3) is 0.379. The van der Waals surface area contributed by atoms with Crippen LogP contribution in [0.1, 0.15) is 30.6 Å². The Kier molecular flexibility index (Phi) is 8.89. The number of carbonyl (C=O) groups is 2. The molecule has 1 unspecified atom stereocenters. The highest BCUT2D eigenvalue weighted by Crippen LogP contribution is 2.23. The Labute approximate surface area is 223 Å². The Balaban J connectivity index is 1.37. The van der Waals surface area contributed by atoms with Crippen molar-refractivity contribution in [3.05, 3.63) is 72.0 Å². The second kappa shape index (κ2) is 12.5. The maximum Gasteiger partial charge on any atom is 0.257 e. The minimum atomic E-state index is -0.578. The van der Waals surface area contributed by atoms with E-state index in [-0.39, 0.29) is 23.9 Å². The van der Waals surface area contributed by atoms with Crippen molar-refractivity contribution in [3.8, 4) is 17.0 Å². The summed E-state index contributed by atoms with van der Waals surface area (Å²) < 4.78 is 19.6. The average Bonchev–Trinajstić information content (AvgIpc) is 2.96. The first-order valence-corrected chi connectivity index (χ1v) is 12.9. The minimum Gasteiger partial charge on any atom is -0.497 e. The summed E-state index contributed by atoms with van der Waals surface area (Å²) in [5.41, 5.74) is 1.66.